The van der Waals surface area contributed by atoms with Crippen LogP contribution < -0.4 is 15.4 Å². The Bertz CT molecular complexity index is 929. The fourth-order valence-corrected chi connectivity index (χ4v) is 3.22. The molecule has 0 spiro atoms. The fourth-order valence-electron chi connectivity index (χ4n) is 3.22. The molecule has 0 fully saturated rings. The number of anilines is 1. The summed E-state index contributed by atoms with van der Waals surface area (Å²) in [5, 5.41) is 15.8. The van der Waals surface area contributed by atoms with Gasteiger partial charge in [0.2, 0.25) is 0 Å². The Balaban J connectivity index is 1.71. The van der Waals surface area contributed by atoms with E-state index in [-0.39, 0.29) is 12.6 Å². The van der Waals surface area contributed by atoms with Gasteiger partial charge in [-0.1, -0.05) is 48.5 Å². The third-order valence-corrected chi connectivity index (χ3v) is 5.07. The number of aliphatic hydroxyl groups excluding tert-OH is 1. The van der Waals surface area contributed by atoms with Gasteiger partial charge < -0.3 is 20.5 Å². The Morgan fingerprint density at radius 3 is 2.55 bits per heavy atom. The van der Waals surface area contributed by atoms with Gasteiger partial charge in [0, 0.05) is 37.0 Å². The minimum absolute atomic E-state index is 0.0253. The molecule has 0 aliphatic carbocycles. The number of ether oxygens (including phenoxy) is 1. The zero-order valence-electron chi connectivity index (χ0n) is 17.3. The highest BCUT2D eigenvalue weighted by Gasteiger charge is 2.09. The van der Waals surface area contributed by atoms with Crippen LogP contribution in [0, 0.1) is 6.92 Å². The predicted octanol–water partition coefficient (Wildman–Crippen LogP) is 4.15. The minimum atomic E-state index is 0.0253. The maximum atomic E-state index is 9.16. The van der Waals surface area contributed by atoms with E-state index in [1.54, 1.807) is 7.11 Å². The molecule has 5 heteroatoms. The molecule has 3 rings (SSSR count). The number of nitrogens with one attached hydrogen (secondary N) is 2. The predicted molar refractivity (Wildman–Crippen MR) is 118 cm³/mol. The fraction of sp³-hybridized carbons (Fsp3) is 0.292. The molecule has 0 aliphatic heterocycles. The van der Waals surface area contributed by atoms with Crippen molar-refractivity contribution in [2.75, 3.05) is 19.0 Å². The lowest BCUT2D eigenvalue weighted by Crippen LogP contribution is -2.28. The third kappa shape index (κ3) is 5.34. The Labute approximate surface area is 172 Å². The van der Waals surface area contributed by atoms with Crippen LogP contribution in [0.5, 0.6) is 5.75 Å². The van der Waals surface area contributed by atoms with Crippen molar-refractivity contribution in [2.24, 2.45) is 0 Å². The third-order valence-electron chi connectivity index (χ3n) is 5.07. The maximum absolute atomic E-state index is 9.16. The topological polar surface area (TPSA) is 66.4 Å². The van der Waals surface area contributed by atoms with Crippen LogP contribution in [-0.2, 0) is 13.1 Å². The summed E-state index contributed by atoms with van der Waals surface area (Å²) in [5.74, 6) is 1.54. The molecule has 29 heavy (non-hydrogen) atoms. The van der Waals surface area contributed by atoms with Gasteiger partial charge in [0.05, 0.1) is 13.7 Å². The van der Waals surface area contributed by atoms with E-state index in [1.807, 2.05) is 25.3 Å². The molecule has 0 saturated heterocycles. The summed E-state index contributed by atoms with van der Waals surface area (Å²) in [7, 11) is 1.66. The van der Waals surface area contributed by atoms with E-state index in [0.717, 1.165) is 17.1 Å². The van der Waals surface area contributed by atoms with E-state index in [4.69, 9.17) is 9.84 Å². The highest BCUT2D eigenvalue weighted by Crippen LogP contribution is 2.26. The van der Waals surface area contributed by atoms with Gasteiger partial charge >= 0.3 is 0 Å². The quantitative estimate of drug-likeness (QED) is 0.511. The van der Waals surface area contributed by atoms with Crippen LogP contribution in [0.3, 0.4) is 0 Å². The summed E-state index contributed by atoms with van der Waals surface area (Å²) < 4.78 is 5.52. The summed E-state index contributed by atoms with van der Waals surface area (Å²) >= 11 is 0. The number of aromatic nitrogens is 1. The second-order valence-corrected chi connectivity index (χ2v) is 7.16. The van der Waals surface area contributed by atoms with Crippen LogP contribution in [-0.4, -0.2) is 29.8 Å². The van der Waals surface area contributed by atoms with E-state index in [2.05, 4.69) is 65.0 Å². The molecule has 0 aliphatic rings. The molecule has 1 atom stereocenters. The summed E-state index contributed by atoms with van der Waals surface area (Å²) in [6.07, 6.45) is 1.81. The van der Waals surface area contributed by atoms with Gasteiger partial charge in [0.1, 0.15) is 11.6 Å². The Kier molecular flexibility index (Phi) is 7.22. The number of aliphatic hydroxyl groups is 1. The van der Waals surface area contributed by atoms with Crippen molar-refractivity contribution in [3.05, 3.63) is 77.5 Å². The maximum Gasteiger partial charge on any atom is 0.129 e. The zero-order chi connectivity index (χ0) is 20.6. The number of methoxy groups -OCH3 is 1. The number of benzene rings is 2. The first-order chi connectivity index (χ1) is 14.1. The first-order valence-corrected chi connectivity index (χ1v) is 9.87. The largest absolute Gasteiger partial charge is 0.496 e. The zero-order valence-corrected chi connectivity index (χ0v) is 17.3. The normalized spacial score (nSPS) is 11.9. The molecule has 3 aromatic rings. The van der Waals surface area contributed by atoms with Crippen molar-refractivity contribution < 1.29 is 9.84 Å². The second-order valence-electron chi connectivity index (χ2n) is 7.16. The van der Waals surface area contributed by atoms with Gasteiger partial charge in [-0.15, -0.1) is 0 Å². The van der Waals surface area contributed by atoms with Crippen LogP contribution in [0.4, 0.5) is 5.82 Å². The Morgan fingerprint density at radius 1 is 1.03 bits per heavy atom. The first-order valence-electron chi connectivity index (χ1n) is 9.87. The molecule has 3 N–H and O–H groups in total. The number of pyridine rings is 1. The summed E-state index contributed by atoms with van der Waals surface area (Å²) in [5.41, 5.74) is 5.92. The molecule has 2 aromatic carbocycles. The van der Waals surface area contributed by atoms with Crippen molar-refractivity contribution in [3.63, 3.8) is 0 Å². The molecular weight excluding hydrogens is 362 g/mol. The molecule has 0 bridgehead atoms. The summed E-state index contributed by atoms with van der Waals surface area (Å²) in [6, 6.07) is 18.8. The van der Waals surface area contributed by atoms with Crippen molar-refractivity contribution in [1.29, 1.82) is 0 Å². The van der Waals surface area contributed by atoms with Gasteiger partial charge in [0.15, 0.2) is 0 Å². The van der Waals surface area contributed by atoms with Crippen LogP contribution in [0.25, 0.3) is 11.1 Å². The van der Waals surface area contributed by atoms with Gasteiger partial charge in [-0.2, -0.15) is 0 Å². The van der Waals surface area contributed by atoms with Crippen molar-refractivity contribution in [2.45, 2.75) is 33.0 Å². The van der Waals surface area contributed by atoms with E-state index >= 15 is 0 Å². The molecular formula is C24H29N3O2. The van der Waals surface area contributed by atoms with Crippen molar-refractivity contribution in [3.8, 4) is 16.9 Å². The van der Waals surface area contributed by atoms with E-state index in [9.17, 15) is 0 Å². The van der Waals surface area contributed by atoms with Gasteiger partial charge in [-0.3, -0.25) is 0 Å². The van der Waals surface area contributed by atoms with Crippen molar-refractivity contribution in [1.82, 2.24) is 10.3 Å². The molecule has 1 aromatic heterocycles. The van der Waals surface area contributed by atoms with Gasteiger partial charge in [-0.25, -0.2) is 4.98 Å². The highest BCUT2D eigenvalue weighted by atomic mass is 16.5. The number of hydrogen-bond acceptors (Lipinski definition) is 5. The second kappa shape index (κ2) is 10.0. The molecule has 152 valence electrons. The molecule has 0 unspecified atom stereocenters. The number of rotatable bonds is 9. The smallest absolute Gasteiger partial charge is 0.129 e. The number of hydrogen-bond donors (Lipinski definition) is 3. The lowest BCUT2D eigenvalue weighted by Gasteiger charge is -2.15. The van der Waals surface area contributed by atoms with E-state index in [1.165, 1.54) is 22.3 Å². The molecule has 1 heterocycles. The van der Waals surface area contributed by atoms with Crippen LogP contribution >= 0.6 is 0 Å². The van der Waals surface area contributed by atoms with Crippen LogP contribution in [0.2, 0.25) is 0 Å². The SMILES string of the molecule is COc1cc(NCc2cccc(-c3ccccc3)c2C)ncc1CN[C@@H](C)CO. The van der Waals surface area contributed by atoms with E-state index in [0.29, 0.717) is 13.1 Å². The molecule has 5 nitrogen and oxygen atoms in total. The highest BCUT2D eigenvalue weighted by molar-refractivity contribution is 5.68. The number of nitrogens with zero attached hydrogens (tertiary/aromatic N) is 1. The monoisotopic (exact) mass is 391 g/mol. The molecule has 0 saturated carbocycles. The van der Waals surface area contributed by atoms with Gasteiger partial charge in [0.25, 0.3) is 0 Å². The average Bonchev–Trinajstić information content (AvgIpc) is 2.77. The standard InChI is InChI=1S/C24H29N3O2/c1-17(16-28)25-14-21-15-27-24(12-23(21)29-3)26-13-20-10-7-11-22(18(20)2)19-8-5-4-6-9-19/h4-12,15,17,25,28H,13-14,16H2,1-3H3,(H,26,27)/t17-/m0/s1. The Hall–Kier alpha value is -2.89. The lowest BCUT2D eigenvalue weighted by atomic mass is 9.96. The van der Waals surface area contributed by atoms with E-state index < -0.39 is 0 Å². The first kappa shape index (κ1) is 20.8. The lowest BCUT2D eigenvalue weighted by molar-refractivity contribution is 0.250. The Morgan fingerprint density at radius 2 is 1.83 bits per heavy atom. The van der Waals surface area contributed by atoms with Crippen molar-refractivity contribution >= 4 is 5.82 Å². The van der Waals surface area contributed by atoms with Gasteiger partial charge in [-0.05, 0) is 36.1 Å². The average molecular weight is 392 g/mol. The summed E-state index contributed by atoms with van der Waals surface area (Å²) in [6.45, 7) is 5.46. The minimum Gasteiger partial charge on any atom is -0.496 e. The van der Waals surface area contributed by atoms with Crippen LogP contribution in [0.1, 0.15) is 23.6 Å². The summed E-state index contributed by atoms with van der Waals surface area (Å²) in [4.78, 5) is 4.52. The molecule has 0 radical (unpaired) electrons. The van der Waals surface area contributed by atoms with Crippen LogP contribution in [0.15, 0.2) is 60.8 Å². The molecule has 0 amide bonds.